The van der Waals surface area contributed by atoms with Gasteiger partial charge in [-0.05, 0) is 31.9 Å². The van der Waals surface area contributed by atoms with Gasteiger partial charge in [-0.3, -0.25) is 4.98 Å². The minimum atomic E-state index is -0.128. The summed E-state index contributed by atoms with van der Waals surface area (Å²) in [5.41, 5.74) is 4.41. The molecule has 1 aromatic heterocycles. The number of pyridine rings is 1. The molecule has 0 saturated heterocycles. The Kier molecular flexibility index (Phi) is 4.94. The third kappa shape index (κ3) is 3.40. The van der Waals surface area contributed by atoms with E-state index in [4.69, 9.17) is 0 Å². The average molecular weight is 286 g/mol. The molecule has 0 aliphatic carbocycles. The summed E-state index contributed by atoms with van der Waals surface area (Å²) < 4.78 is 0. The molecule has 2 rings (SSSR count). The largest absolute Gasteiger partial charge is 0.506 e. The second-order valence-corrected chi connectivity index (χ2v) is 5.31. The molecule has 4 heteroatoms. The molecule has 4 nitrogen and oxygen atoms in total. The molecular weight excluding hydrogens is 264 g/mol. The van der Waals surface area contributed by atoms with E-state index >= 15 is 0 Å². The zero-order chi connectivity index (χ0) is 15.4. The molecule has 0 bridgehead atoms. The van der Waals surface area contributed by atoms with Crippen LogP contribution in [0.15, 0.2) is 30.5 Å². The van der Waals surface area contributed by atoms with Crippen LogP contribution in [0.5, 0.6) is 5.75 Å². The first-order valence-corrected chi connectivity index (χ1v) is 7.10. The van der Waals surface area contributed by atoms with E-state index in [9.17, 15) is 10.2 Å². The fraction of sp³-hybridized carbons (Fsp3) is 0.353. The molecule has 112 valence electrons. The number of nitrogens with one attached hydrogen (secondary N) is 1. The van der Waals surface area contributed by atoms with Crippen LogP contribution in [0.4, 0.5) is 0 Å². The summed E-state index contributed by atoms with van der Waals surface area (Å²) in [6.07, 6.45) is 1.62. The Balaban J connectivity index is 2.17. The maximum Gasteiger partial charge on any atom is 0.141 e. The van der Waals surface area contributed by atoms with Gasteiger partial charge in [0.05, 0.1) is 12.3 Å². The highest BCUT2D eigenvalue weighted by molar-refractivity contribution is 5.40. The van der Waals surface area contributed by atoms with Gasteiger partial charge in [0.25, 0.3) is 0 Å². The average Bonchev–Trinajstić information content (AvgIpc) is 2.49. The normalized spacial score (nSPS) is 12.4. The molecule has 1 atom stereocenters. The molecular formula is C17H22N2O2. The van der Waals surface area contributed by atoms with Crippen molar-refractivity contribution in [1.82, 2.24) is 10.3 Å². The first kappa shape index (κ1) is 15.5. The lowest BCUT2D eigenvalue weighted by Crippen LogP contribution is -2.20. The van der Waals surface area contributed by atoms with Gasteiger partial charge in [-0.2, -0.15) is 0 Å². The molecule has 0 spiro atoms. The third-order valence-corrected chi connectivity index (χ3v) is 3.84. The molecule has 0 saturated carbocycles. The Labute approximate surface area is 125 Å². The van der Waals surface area contributed by atoms with E-state index in [1.807, 2.05) is 12.1 Å². The Morgan fingerprint density at radius 2 is 1.95 bits per heavy atom. The lowest BCUT2D eigenvalue weighted by molar-refractivity contribution is 0.278. The van der Waals surface area contributed by atoms with Crippen molar-refractivity contribution < 1.29 is 10.2 Å². The van der Waals surface area contributed by atoms with Crippen molar-refractivity contribution >= 4 is 0 Å². The number of rotatable bonds is 5. The van der Waals surface area contributed by atoms with Crippen molar-refractivity contribution in [2.45, 2.75) is 40.0 Å². The highest BCUT2D eigenvalue weighted by atomic mass is 16.3. The van der Waals surface area contributed by atoms with Gasteiger partial charge < -0.3 is 15.5 Å². The maximum absolute atomic E-state index is 10.1. The minimum absolute atomic E-state index is 0.128. The third-order valence-electron chi connectivity index (χ3n) is 3.84. The molecule has 3 N–H and O–H groups in total. The number of aromatic nitrogens is 1. The number of hydrogen-bond acceptors (Lipinski definition) is 4. The van der Waals surface area contributed by atoms with Crippen molar-refractivity contribution in [2.24, 2.45) is 0 Å². The lowest BCUT2D eigenvalue weighted by Gasteiger charge is -2.18. The van der Waals surface area contributed by atoms with Crippen molar-refractivity contribution in [3.63, 3.8) is 0 Å². The number of aliphatic hydroxyl groups is 1. The molecule has 2 aromatic rings. The van der Waals surface area contributed by atoms with Gasteiger partial charge in [0.2, 0.25) is 0 Å². The van der Waals surface area contributed by atoms with E-state index in [0.29, 0.717) is 23.4 Å². The Morgan fingerprint density at radius 3 is 2.62 bits per heavy atom. The van der Waals surface area contributed by atoms with Crippen LogP contribution in [0.3, 0.4) is 0 Å². The number of aryl methyl sites for hydroxylation is 2. The molecule has 0 fully saturated rings. The van der Waals surface area contributed by atoms with Crippen LogP contribution in [0, 0.1) is 13.8 Å². The monoisotopic (exact) mass is 286 g/mol. The summed E-state index contributed by atoms with van der Waals surface area (Å²) in [6, 6.07) is 8.38. The number of aromatic hydroxyl groups is 1. The van der Waals surface area contributed by atoms with Gasteiger partial charge in [-0.1, -0.05) is 24.3 Å². The fourth-order valence-electron chi connectivity index (χ4n) is 2.46. The Hall–Kier alpha value is -1.91. The van der Waals surface area contributed by atoms with Crippen LogP contribution >= 0.6 is 0 Å². The van der Waals surface area contributed by atoms with E-state index in [2.05, 4.69) is 36.3 Å². The van der Waals surface area contributed by atoms with Crippen LogP contribution in [-0.4, -0.2) is 15.2 Å². The molecule has 0 aliphatic heterocycles. The standard InChI is InChI=1S/C17H22N2O2/c1-11-6-4-5-7-15(11)12(2)19-9-16-14(10-20)8-18-13(3)17(16)21/h4-8,12,19-21H,9-10H2,1-3H3. The highest BCUT2D eigenvalue weighted by Gasteiger charge is 2.13. The van der Waals surface area contributed by atoms with Gasteiger partial charge in [0.1, 0.15) is 5.75 Å². The summed E-state index contributed by atoms with van der Waals surface area (Å²) in [7, 11) is 0. The maximum atomic E-state index is 10.1. The Morgan fingerprint density at radius 1 is 1.24 bits per heavy atom. The van der Waals surface area contributed by atoms with E-state index in [1.165, 1.54) is 11.1 Å². The van der Waals surface area contributed by atoms with E-state index in [-0.39, 0.29) is 18.4 Å². The summed E-state index contributed by atoms with van der Waals surface area (Å²) in [6.45, 7) is 6.29. The quantitative estimate of drug-likeness (QED) is 0.790. The molecule has 0 radical (unpaired) electrons. The van der Waals surface area contributed by atoms with Crippen molar-refractivity contribution in [3.8, 4) is 5.75 Å². The van der Waals surface area contributed by atoms with Crippen LogP contribution in [0.1, 0.15) is 40.9 Å². The van der Waals surface area contributed by atoms with Crippen LogP contribution in [0.25, 0.3) is 0 Å². The van der Waals surface area contributed by atoms with Crippen molar-refractivity contribution in [1.29, 1.82) is 0 Å². The smallest absolute Gasteiger partial charge is 0.141 e. The lowest BCUT2D eigenvalue weighted by atomic mass is 10.0. The molecule has 1 heterocycles. The first-order valence-electron chi connectivity index (χ1n) is 7.10. The zero-order valence-corrected chi connectivity index (χ0v) is 12.7. The summed E-state index contributed by atoms with van der Waals surface area (Å²) >= 11 is 0. The number of benzene rings is 1. The molecule has 0 aliphatic rings. The Bertz CT molecular complexity index is 626. The van der Waals surface area contributed by atoms with Gasteiger partial charge in [-0.25, -0.2) is 0 Å². The van der Waals surface area contributed by atoms with Crippen LogP contribution < -0.4 is 5.32 Å². The fourth-order valence-corrected chi connectivity index (χ4v) is 2.46. The van der Waals surface area contributed by atoms with E-state index in [1.54, 1.807) is 13.1 Å². The summed E-state index contributed by atoms with van der Waals surface area (Å²) in [5, 5.41) is 22.9. The molecule has 1 aromatic carbocycles. The SMILES string of the molecule is Cc1ccccc1C(C)NCc1c(CO)cnc(C)c1O. The van der Waals surface area contributed by atoms with Gasteiger partial charge >= 0.3 is 0 Å². The number of hydrogen-bond donors (Lipinski definition) is 3. The first-order chi connectivity index (χ1) is 10.0. The van der Waals surface area contributed by atoms with E-state index < -0.39 is 0 Å². The molecule has 1 unspecified atom stereocenters. The second-order valence-electron chi connectivity index (χ2n) is 5.31. The molecule has 0 amide bonds. The topological polar surface area (TPSA) is 65.4 Å². The number of nitrogens with zero attached hydrogens (tertiary/aromatic N) is 1. The van der Waals surface area contributed by atoms with Gasteiger partial charge in [-0.15, -0.1) is 0 Å². The van der Waals surface area contributed by atoms with Crippen LogP contribution in [-0.2, 0) is 13.2 Å². The van der Waals surface area contributed by atoms with Crippen molar-refractivity contribution in [2.75, 3.05) is 0 Å². The summed E-state index contributed by atoms with van der Waals surface area (Å²) in [5.74, 6) is 0.158. The molecule has 21 heavy (non-hydrogen) atoms. The predicted octanol–water partition coefficient (Wildman–Crippen LogP) is 2.75. The van der Waals surface area contributed by atoms with E-state index in [0.717, 1.165) is 0 Å². The van der Waals surface area contributed by atoms with Gasteiger partial charge in [0.15, 0.2) is 0 Å². The minimum Gasteiger partial charge on any atom is -0.506 e. The van der Waals surface area contributed by atoms with Crippen molar-refractivity contribution in [3.05, 3.63) is 58.4 Å². The van der Waals surface area contributed by atoms with Crippen LogP contribution in [0.2, 0.25) is 0 Å². The van der Waals surface area contributed by atoms with Gasteiger partial charge in [0, 0.05) is 29.9 Å². The second kappa shape index (κ2) is 6.70. The summed E-state index contributed by atoms with van der Waals surface area (Å²) in [4.78, 5) is 4.07. The highest BCUT2D eigenvalue weighted by Crippen LogP contribution is 2.25. The number of aliphatic hydroxyl groups excluding tert-OH is 1. The predicted molar refractivity (Wildman–Crippen MR) is 83.0 cm³/mol. The zero-order valence-electron chi connectivity index (χ0n) is 12.7.